The molecule has 4 heteroatoms. The number of nitrogens with zero attached hydrogens (tertiary/aromatic N) is 3. The average molecular weight is 316 g/mol. The Kier molecular flexibility index (Phi) is 6.90. The molecule has 1 fully saturated rings. The highest BCUT2D eigenvalue weighted by molar-refractivity contribution is 5.80. The summed E-state index contributed by atoms with van der Waals surface area (Å²) in [4.78, 5) is 9.36. The second kappa shape index (κ2) is 8.92. The first kappa shape index (κ1) is 17.8. The van der Waals surface area contributed by atoms with Gasteiger partial charge in [0.1, 0.15) is 0 Å². The second-order valence-corrected chi connectivity index (χ2v) is 6.34. The molecule has 1 heterocycles. The Hall–Kier alpha value is -1.55. The third-order valence-electron chi connectivity index (χ3n) is 4.96. The molecule has 2 unspecified atom stereocenters. The van der Waals surface area contributed by atoms with Crippen LogP contribution in [0.1, 0.15) is 38.7 Å². The number of guanidine groups is 1. The summed E-state index contributed by atoms with van der Waals surface area (Å²) in [5.74, 6) is 1.66. The number of rotatable bonds is 6. The van der Waals surface area contributed by atoms with Gasteiger partial charge in [-0.05, 0) is 32.0 Å². The number of nitrogens with one attached hydrogen (secondary N) is 1. The minimum absolute atomic E-state index is 0.522. The molecule has 2 atom stereocenters. The largest absolute Gasteiger partial charge is 0.355 e. The van der Waals surface area contributed by atoms with E-state index in [0.717, 1.165) is 38.7 Å². The van der Waals surface area contributed by atoms with Crippen molar-refractivity contribution in [2.75, 3.05) is 39.8 Å². The molecule has 1 aromatic rings. The highest BCUT2D eigenvalue weighted by Gasteiger charge is 2.26. The molecule has 0 aromatic heterocycles. The molecule has 0 saturated carbocycles. The van der Waals surface area contributed by atoms with Gasteiger partial charge in [0.2, 0.25) is 0 Å². The van der Waals surface area contributed by atoms with E-state index in [9.17, 15) is 0 Å². The molecular formula is C19H32N4. The molecule has 0 spiro atoms. The van der Waals surface area contributed by atoms with Crippen molar-refractivity contribution in [3.8, 4) is 0 Å². The lowest BCUT2D eigenvalue weighted by molar-refractivity contribution is 0.230. The molecule has 1 aliphatic heterocycles. The molecule has 1 N–H and O–H groups in total. The van der Waals surface area contributed by atoms with Crippen molar-refractivity contribution in [3.63, 3.8) is 0 Å². The van der Waals surface area contributed by atoms with E-state index in [0.29, 0.717) is 12.0 Å². The van der Waals surface area contributed by atoms with Crippen molar-refractivity contribution in [3.05, 3.63) is 35.9 Å². The Balaban J connectivity index is 1.88. The van der Waals surface area contributed by atoms with Crippen molar-refractivity contribution in [1.82, 2.24) is 15.1 Å². The molecule has 1 aliphatic rings. The molecule has 1 saturated heterocycles. The first-order valence-electron chi connectivity index (χ1n) is 8.94. The lowest BCUT2D eigenvalue weighted by Crippen LogP contribution is -2.46. The number of hydrogen-bond donors (Lipinski definition) is 1. The van der Waals surface area contributed by atoms with Gasteiger partial charge in [-0.3, -0.25) is 9.89 Å². The number of hydrogen-bond acceptors (Lipinski definition) is 2. The summed E-state index contributed by atoms with van der Waals surface area (Å²) >= 11 is 0. The van der Waals surface area contributed by atoms with E-state index in [2.05, 4.69) is 71.2 Å². The Morgan fingerprint density at radius 2 is 2.00 bits per heavy atom. The molecular weight excluding hydrogens is 284 g/mol. The Morgan fingerprint density at radius 1 is 1.30 bits per heavy atom. The fourth-order valence-corrected chi connectivity index (χ4v) is 3.50. The maximum Gasteiger partial charge on any atom is 0.193 e. The van der Waals surface area contributed by atoms with Gasteiger partial charge >= 0.3 is 0 Å². The number of likely N-dealkylation sites (N-methyl/N-ethyl adjacent to an activating group) is 1. The monoisotopic (exact) mass is 316 g/mol. The van der Waals surface area contributed by atoms with Gasteiger partial charge in [-0.2, -0.15) is 0 Å². The van der Waals surface area contributed by atoms with E-state index in [4.69, 9.17) is 0 Å². The molecule has 23 heavy (non-hydrogen) atoms. The van der Waals surface area contributed by atoms with E-state index in [1.165, 1.54) is 12.0 Å². The van der Waals surface area contributed by atoms with Crippen LogP contribution in [0.3, 0.4) is 0 Å². The average Bonchev–Trinajstić information content (AvgIpc) is 3.07. The fraction of sp³-hybridized carbons (Fsp3) is 0.632. The van der Waals surface area contributed by atoms with E-state index in [1.54, 1.807) is 0 Å². The zero-order chi connectivity index (χ0) is 16.7. The molecule has 0 amide bonds. The quantitative estimate of drug-likeness (QED) is 0.647. The topological polar surface area (TPSA) is 30.9 Å². The zero-order valence-corrected chi connectivity index (χ0v) is 15.1. The van der Waals surface area contributed by atoms with Crippen molar-refractivity contribution in [2.24, 2.45) is 4.99 Å². The highest BCUT2D eigenvalue weighted by atomic mass is 15.3. The van der Waals surface area contributed by atoms with Gasteiger partial charge in [0.25, 0.3) is 0 Å². The SMILES string of the molecule is CCN(CC)C(C)CNC(=NC)N1CCC(c2ccccc2)C1. The molecule has 0 bridgehead atoms. The summed E-state index contributed by atoms with van der Waals surface area (Å²) in [7, 11) is 1.89. The van der Waals surface area contributed by atoms with E-state index < -0.39 is 0 Å². The van der Waals surface area contributed by atoms with Crippen molar-refractivity contribution < 1.29 is 0 Å². The van der Waals surface area contributed by atoms with Gasteiger partial charge in [-0.15, -0.1) is 0 Å². The molecule has 0 radical (unpaired) electrons. The highest BCUT2D eigenvalue weighted by Crippen LogP contribution is 2.26. The fourth-order valence-electron chi connectivity index (χ4n) is 3.50. The van der Waals surface area contributed by atoms with Gasteiger partial charge in [0.05, 0.1) is 0 Å². The molecule has 128 valence electrons. The van der Waals surface area contributed by atoms with Crippen LogP contribution in [-0.4, -0.2) is 61.6 Å². The van der Waals surface area contributed by atoms with Gasteiger partial charge in [-0.1, -0.05) is 44.2 Å². The summed E-state index contributed by atoms with van der Waals surface area (Å²) in [6, 6.07) is 11.4. The number of likely N-dealkylation sites (tertiary alicyclic amines) is 1. The van der Waals surface area contributed by atoms with E-state index in [-0.39, 0.29) is 0 Å². The minimum atomic E-state index is 0.522. The molecule has 0 aliphatic carbocycles. The second-order valence-electron chi connectivity index (χ2n) is 6.34. The number of aliphatic imine (C=N–C) groups is 1. The maximum absolute atomic E-state index is 4.49. The summed E-state index contributed by atoms with van der Waals surface area (Å²) in [5, 5.41) is 3.57. The maximum atomic E-state index is 4.49. The molecule has 2 rings (SSSR count). The van der Waals surface area contributed by atoms with E-state index in [1.807, 2.05) is 7.05 Å². The summed E-state index contributed by atoms with van der Waals surface area (Å²) in [5.41, 5.74) is 1.45. The number of benzene rings is 1. The smallest absolute Gasteiger partial charge is 0.193 e. The van der Waals surface area contributed by atoms with E-state index >= 15 is 0 Å². The third kappa shape index (κ3) is 4.71. The molecule has 1 aromatic carbocycles. The molecule has 4 nitrogen and oxygen atoms in total. The first-order valence-corrected chi connectivity index (χ1v) is 8.94. The summed E-state index contributed by atoms with van der Waals surface area (Å²) in [6.45, 7) is 12.0. The van der Waals surface area contributed by atoms with Crippen LogP contribution in [0.25, 0.3) is 0 Å². The van der Waals surface area contributed by atoms with Crippen LogP contribution in [-0.2, 0) is 0 Å². The minimum Gasteiger partial charge on any atom is -0.355 e. The van der Waals surface area contributed by atoms with Gasteiger partial charge in [-0.25, -0.2) is 0 Å². The standard InChI is InChI=1S/C19H32N4/c1-5-22(6-2)16(3)14-21-19(20-4)23-13-12-18(15-23)17-10-8-7-9-11-17/h7-11,16,18H,5-6,12-15H2,1-4H3,(H,20,21). The summed E-state index contributed by atoms with van der Waals surface area (Å²) < 4.78 is 0. The van der Waals surface area contributed by atoms with Crippen LogP contribution >= 0.6 is 0 Å². The van der Waals surface area contributed by atoms with Crippen LogP contribution in [0.2, 0.25) is 0 Å². The Morgan fingerprint density at radius 3 is 2.61 bits per heavy atom. The van der Waals surface area contributed by atoms with Gasteiger partial charge in [0, 0.05) is 38.6 Å². The lowest BCUT2D eigenvalue weighted by atomic mass is 9.99. The normalized spacial score (nSPS) is 20.1. The van der Waals surface area contributed by atoms with Crippen molar-refractivity contribution in [2.45, 2.75) is 39.2 Å². The van der Waals surface area contributed by atoms with Gasteiger partial charge in [0.15, 0.2) is 5.96 Å². The van der Waals surface area contributed by atoms with Crippen molar-refractivity contribution >= 4 is 5.96 Å². The third-order valence-corrected chi connectivity index (χ3v) is 4.96. The first-order chi connectivity index (χ1) is 11.2. The van der Waals surface area contributed by atoms with Crippen LogP contribution in [0.4, 0.5) is 0 Å². The van der Waals surface area contributed by atoms with Crippen LogP contribution in [0.5, 0.6) is 0 Å². The van der Waals surface area contributed by atoms with Crippen molar-refractivity contribution in [1.29, 1.82) is 0 Å². The van der Waals surface area contributed by atoms with Gasteiger partial charge < -0.3 is 10.2 Å². The zero-order valence-electron chi connectivity index (χ0n) is 15.1. The van der Waals surface area contributed by atoms with Crippen LogP contribution in [0.15, 0.2) is 35.3 Å². The predicted octanol–water partition coefficient (Wildman–Crippen LogP) is 2.78. The summed E-state index contributed by atoms with van der Waals surface area (Å²) in [6.07, 6.45) is 1.20. The Labute approximate surface area is 141 Å². The van der Waals surface area contributed by atoms with Crippen LogP contribution in [0, 0.1) is 0 Å². The Bertz CT molecular complexity index is 481. The lowest BCUT2D eigenvalue weighted by Gasteiger charge is -2.29. The van der Waals surface area contributed by atoms with Crippen LogP contribution < -0.4 is 5.32 Å². The predicted molar refractivity (Wildman–Crippen MR) is 99.1 cm³/mol.